The second-order valence-corrected chi connectivity index (χ2v) is 17.5. The van der Waals surface area contributed by atoms with Gasteiger partial charge < -0.3 is 30.0 Å². The maximum Gasteiger partial charge on any atom is 0.407 e. The third-order valence-electron chi connectivity index (χ3n) is 9.60. The number of amides is 2. The van der Waals surface area contributed by atoms with E-state index in [0.717, 1.165) is 35.4 Å². The number of hydroxylamine groups is 2. The van der Waals surface area contributed by atoms with Crippen molar-refractivity contribution in [1.82, 2.24) is 9.96 Å². The van der Waals surface area contributed by atoms with Crippen molar-refractivity contribution in [2.45, 2.75) is 69.6 Å². The summed E-state index contributed by atoms with van der Waals surface area (Å²) in [5.41, 5.74) is 1.28. The minimum atomic E-state index is -3.80. The number of hydrogen-bond donors (Lipinski definition) is 2. The first-order valence-corrected chi connectivity index (χ1v) is 20.9. The minimum absolute atomic E-state index is 0.0252. The Morgan fingerprint density at radius 1 is 1.02 bits per heavy atom. The van der Waals surface area contributed by atoms with Gasteiger partial charge in [0.1, 0.15) is 24.9 Å². The molecular weight excluding hydrogens is 709 g/mol. The molecule has 13 nitrogen and oxygen atoms in total. The SMILES string of the molecule is CC[C@@H](C)CCCCS(=O)(=O)c1ccc(NC(=O)c2cc([N+]3([O-])CC[C@H](NC(=O)OCc4ccccc4)[C@@H](OC)C3)ccc2N(C)S(C)(=O)=O)cc1. The molecule has 4 rings (SSSR count). The lowest BCUT2D eigenvalue weighted by Gasteiger charge is -2.49. The largest absolute Gasteiger partial charge is 0.627 e. The Morgan fingerprint density at radius 2 is 1.71 bits per heavy atom. The lowest BCUT2D eigenvalue weighted by atomic mass is 9.99. The molecule has 2 amide bonds. The van der Waals surface area contributed by atoms with Crippen molar-refractivity contribution in [3.8, 4) is 0 Å². The van der Waals surface area contributed by atoms with Gasteiger partial charge in [-0.05, 0) is 48.2 Å². The van der Waals surface area contributed by atoms with Crippen LogP contribution >= 0.6 is 0 Å². The van der Waals surface area contributed by atoms with Crippen molar-refractivity contribution in [3.05, 3.63) is 89.1 Å². The van der Waals surface area contributed by atoms with E-state index in [1.54, 1.807) is 0 Å². The Bertz CT molecular complexity index is 1890. The Morgan fingerprint density at radius 3 is 2.35 bits per heavy atom. The van der Waals surface area contributed by atoms with Crippen LogP contribution in [0.15, 0.2) is 77.7 Å². The second kappa shape index (κ2) is 17.7. The number of nitrogens with zero attached hydrogens (tertiary/aromatic N) is 2. The summed E-state index contributed by atoms with van der Waals surface area (Å²) in [6.07, 6.45) is 3.30. The minimum Gasteiger partial charge on any atom is -0.627 e. The van der Waals surface area contributed by atoms with Gasteiger partial charge in [-0.2, -0.15) is 0 Å². The van der Waals surface area contributed by atoms with Crippen LogP contribution in [-0.4, -0.2) is 80.2 Å². The number of ether oxygens (including phenoxy) is 2. The van der Waals surface area contributed by atoms with Gasteiger partial charge in [0.25, 0.3) is 5.91 Å². The molecule has 2 N–H and O–H groups in total. The molecule has 0 aromatic heterocycles. The normalized spacial score (nSPS) is 19.7. The summed E-state index contributed by atoms with van der Waals surface area (Å²) in [7, 11) is -4.57. The maximum absolute atomic E-state index is 14.3. The summed E-state index contributed by atoms with van der Waals surface area (Å²) >= 11 is 0. The Kier molecular flexibility index (Phi) is 13.8. The second-order valence-electron chi connectivity index (χ2n) is 13.4. The van der Waals surface area contributed by atoms with Crippen molar-refractivity contribution in [2.75, 3.05) is 48.9 Å². The maximum atomic E-state index is 14.3. The molecule has 15 heteroatoms. The van der Waals surface area contributed by atoms with E-state index in [1.165, 1.54) is 56.6 Å². The van der Waals surface area contributed by atoms with Crippen LogP contribution < -0.4 is 19.6 Å². The molecule has 284 valence electrons. The number of piperidine rings is 1. The van der Waals surface area contributed by atoms with Gasteiger partial charge in [0.15, 0.2) is 9.84 Å². The standard InChI is InChI=1S/C37H50N4O9S2/c1-6-27(2)12-10-11-23-52(47,48)31-18-15-29(16-19-31)38-36(42)32-24-30(17-20-34(32)40(3)51(5,45)46)41(44)22-21-33(35(25-41)49-4)39-37(43)50-26-28-13-8-7-9-14-28/h7-9,13-20,24,27,33,35H,6,10-12,21-23,25-26H2,1-5H3,(H,38,42)(H,39,43)/t27-,33+,35+,41?/m1/s1. The smallest absolute Gasteiger partial charge is 0.407 e. The van der Waals surface area contributed by atoms with Crippen molar-refractivity contribution >= 4 is 48.9 Å². The number of alkyl carbamates (subject to hydrolysis) is 1. The van der Waals surface area contributed by atoms with Crippen LogP contribution in [0.2, 0.25) is 0 Å². The van der Waals surface area contributed by atoms with Gasteiger partial charge in [-0.1, -0.05) is 63.4 Å². The summed E-state index contributed by atoms with van der Waals surface area (Å²) in [5, 5.41) is 19.8. The van der Waals surface area contributed by atoms with Gasteiger partial charge >= 0.3 is 6.09 Å². The fourth-order valence-corrected chi connectivity index (χ4v) is 7.95. The van der Waals surface area contributed by atoms with E-state index in [0.29, 0.717) is 12.3 Å². The fraction of sp³-hybridized carbons (Fsp3) is 0.459. The molecule has 4 atom stereocenters. The molecule has 0 saturated carbocycles. The van der Waals surface area contributed by atoms with E-state index in [4.69, 9.17) is 9.47 Å². The highest BCUT2D eigenvalue weighted by Gasteiger charge is 2.39. The number of sulfonamides is 1. The molecule has 0 aliphatic carbocycles. The monoisotopic (exact) mass is 758 g/mol. The number of anilines is 2. The molecule has 0 spiro atoms. The van der Waals surface area contributed by atoms with E-state index < -0.39 is 48.7 Å². The molecule has 1 aliphatic heterocycles. The van der Waals surface area contributed by atoms with Gasteiger partial charge in [0, 0.05) is 38.4 Å². The third-order valence-corrected chi connectivity index (χ3v) is 12.6. The first-order valence-electron chi connectivity index (χ1n) is 17.4. The van der Waals surface area contributed by atoms with Gasteiger partial charge in [0.05, 0.1) is 40.7 Å². The van der Waals surface area contributed by atoms with Crippen molar-refractivity contribution < 1.29 is 35.9 Å². The molecule has 0 radical (unpaired) electrons. The van der Waals surface area contributed by atoms with Crippen LogP contribution in [-0.2, 0) is 35.9 Å². The van der Waals surface area contributed by atoms with Crippen LogP contribution in [0, 0.1) is 11.1 Å². The summed E-state index contributed by atoms with van der Waals surface area (Å²) in [5.74, 6) is -0.123. The highest BCUT2D eigenvalue weighted by molar-refractivity contribution is 7.92. The molecule has 52 heavy (non-hydrogen) atoms. The number of nitrogens with one attached hydrogen (secondary N) is 2. The van der Waals surface area contributed by atoms with Crippen LogP contribution in [0.4, 0.5) is 21.9 Å². The molecule has 1 saturated heterocycles. The van der Waals surface area contributed by atoms with E-state index in [9.17, 15) is 31.6 Å². The lowest BCUT2D eigenvalue weighted by molar-refractivity contribution is 0.0199. The first-order chi connectivity index (χ1) is 24.6. The van der Waals surface area contributed by atoms with E-state index >= 15 is 0 Å². The van der Waals surface area contributed by atoms with E-state index in [2.05, 4.69) is 24.5 Å². The number of carbonyl (C=O) groups excluding carboxylic acids is 2. The van der Waals surface area contributed by atoms with Crippen LogP contribution in [0.1, 0.15) is 61.9 Å². The van der Waals surface area contributed by atoms with Crippen molar-refractivity contribution in [1.29, 1.82) is 0 Å². The van der Waals surface area contributed by atoms with Gasteiger partial charge in [0.2, 0.25) is 10.0 Å². The zero-order valence-electron chi connectivity index (χ0n) is 30.4. The Labute approximate surface area is 307 Å². The average molecular weight is 759 g/mol. The summed E-state index contributed by atoms with van der Waals surface area (Å²) in [6, 6.07) is 18.8. The number of methoxy groups -OCH3 is 1. The quantitative estimate of drug-likeness (QED) is 0.103. The number of quaternary nitrogens is 1. The summed E-state index contributed by atoms with van der Waals surface area (Å²) in [4.78, 5) is 26.5. The van der Waals surface area contributed by atoms with Crippen molar-refractivity contribution in [2.24, 2.45) is 5.92 Å². The predicted octanol–water partition coefficient (Wildman–Crippen LogP) is 5.84. The number of sulfone groups is 1. The highest BCUT2D eigenvalue weighted by atomic mass is 32.2. The number of unbranched alkanes of at least 4 members (excludes halogenated alkanes) is 1. The molecule has 1 fully saturated rings. The van der Waals surface area contributed by atoms with Gasteiger partial charge in [-0.3, -0.25) is 9.10 Å². The predicted molar refractivity (Wildman–Crippen MR) is 203 cm³/mol. The molecule has 3 aromatic carbocycles. The third kappa shape index (κ3) is 10.8. The number of benzene rings is 3. The zero-order valence-corrected chi connectivity index (χ0v) is 32.0. The van der Waals surface area contributed by atoms with E-state index in [1.807, 2.05) is 30.3 Å². The topological polar surface area (TPSA) is 171 Å². The van der Waals surface area contributed by atoms with Crippen LogP contribution in [0.25, 0.3) is 0 Å². The summed E-state index contributed by atoms with van der Waals surface area (Å²) < 4.78 is 61.9. The molecular formula is C37H50N4O9S2. The van der Waals surface area contributed by atoms with Crippen LogP contribution in [0.3, 0.4) is 0 Å². The van der Waals surface area contributed by atoms with Gasteiger partial charge in [-0.25, -0.2) is 21.6 Å². The molecule has 1 heterocycles. The summed E-state index contributed by atoms with van der Waals surface area (Å²) in [6.45, 7) is 4.27. The molecule has 3 aromatic rings. The van der Waals surface area contributed by atoms with Crippen molar-refractivity contribution in [3.63, 3.8) is 0 Å². The Balaban J connectivity index is 1.50. The number of hydrogen-bond acceptors (Lipinski definition) is 9. The average Bonchev–Trinajstić information content (AvgIpc) is 3.12. The number of carbonyl (C=O) groups is 2. The number of rotatable bonds is 16. The highest BCUT2D eigenvalue weighted by Crippen LogP contribution is 2.34. The lowest BCUT2D eigenvalue weighted by Crippen LogP contribution is -2.62. The molecule has 1 aliphatic rings. The fourth-order valence-electron chi connectivity index (χ4n) is 6.06. The van der Waals surface area contributed by atoms with Gasteiger partial charge in [-0.15, -0.1) is 0 Å². The first kappa shape index (κ1) is 40.7. The Hall–Kier alpha value is -4.02. The zero-order chi connectivity index (χ0) is 38.1. The molecule has 0 bridgehead atoms. The molecule has 1 unspecified atom stereocenters. The van der Waals surface area contributed by atoms with E-state index in [-0.39, 0.29) is 59.4 Å². The van der Waals surface area contributed by atoms with Crippen LogP contribution in [0.5, 0.6) is 0 Å².